The van der Waals surface area contributed by atoms with Crippen LogP contribution in [0, 0.1) is 13.8 Å². The highest BCUT2D eigenvalue weighted by molar-refractivity contribution is 7.15. The molecule has 1 atom stereocenters. The Kier molecular flexibility index (Phi) is 5.31. The summed E-state index contributed by atoms with van der Waals surface area (Å²) < 4.78 is 5.34. The van der Waals surface area contributed by atoms with E-state index in [2.05, 4.69) is 10.3 Å². The number of aliphatic hydroxyl groups is 1. The first-order valence-corrected chi connectivity index (χ1v) is 8.87. The van der Waals surface area contributed by atoms with E-state index in [0.29, 0.717) is 22.9 Å². The molecule has 5 nitrogen and oxygen atoms in total. The van der Waals surface area contributed by atoms with Crippen molar-refractivity contribution < 1.29 is 14.3 Å². The molecule has 2 heterocycles. The van der Waals surface area contributed by atoms with Gasteiger partial charge in [0.1, 0.15) is 5.69 Å². The number of furan rings is 1. The van der Waals surface area contributed by atoms with Gasteiger partial charge in [-0.25, -0.2) is 4.98 Å². The molecule has 0 aliphatic carbocycles. The van der Waals surface area contributed by atoms with Crippen LogP contribution in [-0.2, 0) is 6.42 Å². The molecule has 0 saturated heterocycles. The number of rotatable bonds is 6. The van der Waals surface area contributed by atoms with Gasteiger partial charge in [-0.1, -0.05) is 24.3 Å². The molecule has 1 unspecified atom stereocenters. The van der Waals surface area contributed by atoms with Crippen molar-refractivity contribution in [3.63, 3.8) is 0 Å². The highest BCUT2D eigenvalue weighted by Gasteiger charge is 2.20. The molecule has 0 bridgehead atoms. The summed E-state index contributed by atoms with van der Waals surface area (Å²) in [5.74, 6) is 0.366. The highest BCUT2D eigenvalue weighted by Crippen LogP contribution is 2.27. The van der Waals surface area contributed by atoms with Gasteiger partial charge in [0.05, 0.1) is 18.9 Å². The van der Waals surface area contributed by atoms with E-state index in [4.69, 9.17) is 4.42 Å². The molecule has 3 aromatic rings. The maximum absolute atomic E-state index is 12.6. The second kappa shape index (κ2) is 7.63. The van der Waals surface area contributed by atoms with Crippen molar-refractivity contribution >= 4 is 17.2 Å². The van der Waals surface area contributed by atoms with E-state index in [1.807, 2.05) is 44.2 Å². The van der Waals surface area contributed by atoms with Crippen LogP contribution >= 0.6 is 11.3 Å². The first-order chi connectivity index (χ1) is 12.1. The van der Waals surface area contributed by atoms with E-state index in [0.717, 1.165) is 16.0 Å². The number of amides is 1. The first-order valence-electron chi connectivity index (χ1n) is 8.06. The molecule has 1 amide bonds. The Morgan fingerprint density at radius 3 is 2.76 bits per heavy atom. The fourth-order valence-corrected chi connectivity index (χ4v) is 3.51. The second-order valence-electron chi connectivity index (χ2n) is 5.88. The van der Waals surface area contributed by atoms with Gasteiger partial charge < -0.3 is 14.8 Å². The summed E-state index contributed by atoms with van der Waals surface area (Å²) in [6.07, 6.45) is 2.15. The smallest absolute Gasteiger partial charge is 0.271 e. The predicted octanol–water partition coefficient (Wildman–Crippen LogP) is 3.35. The molecule has 3 rings (SSSR count). The quantitative estimate of drug-likeness (QED) is 0.710. The zero-order valence-electron chi connectivity index (χ0n) is 14.2. The van der Waals surface area contributed by atoms with Gasteiger partial charge in [0, 0.05) is 4.88 Å². The van der Waals surface area contributed by atoms with Gasteiger partial charge in [-0.2, -0.15) is 0 Å². The Hall–Kier alpha value is -2.44. The highest BCUT2D eigenvalue weighted by atomic mass is 32.1. The summed E-state index contributed by atoms with van der Waals surface area (Å²) in [7, 11) is 0. The van der Waals surface area contributed by atoms with Crippen LogP contribution < -0.4 is 5.32 Å². The minimum absolute atomic E-state index is 0.131. The van der Waals surface area contributed by atoms with Crippen molar-refractivity contribution in [2.24, 2.45) is 0 Å². The van der Waals surface area contributed by atoms with Crippen molar-refractivity contribution in [2.75, 3.05) is 6.61 Å². The first kappa shape index (κ1) is 17.4. The number of thiazole rings is 1. The lowest BCUT2D eigenvalue weighted by atomic mass is 10.0. The number of aryl methyl sites for hydroxylation is 2. The molecule has 2 aromatic heterocycles. The number of nitrogens with one attached hydrogen (secondary N) is 1. The SMILES string of the molecule is Cc1ccccc1CC(CO)NC(=O)c1nc(-c2ccco2)sc1C. The lowest BCUT2D eigenvalue weighted by Crippen LogP contribution is -2.39. The van der Waals surface area contributed by atoms with Crippen LogP contribution in [0.3, 0.4) is 0 Å². The average molecular weight is 356 g/mol. The minimum atomic E-state index is -0.359. The van der Waals surface area contributed by atoms with Gasteiger partial charge >= 0.3 is 0 Å². The molecule has 0 fully saturated rings. The average Bonchev–Trinajstić information content (AvgIpc) is 3.25. The van der Waals surface area contributed by atoms with Crippen molar-refractivity contribution in [2.45, 2.75) is 26.3 Å². The van der Waals surface area contributed by atoms with E-state index in [9.17, 15) is 9.90 Å². The Bertz CT molecular complexity index is 855. The van der Waals surface area contributed by atoms with E-state index >= 15 is 0 Å². The van der Waals surface area contributed by atoms with Gasteiger partial charge in [-0.15, -0.1) is 11.3 Å². The van der Waals surface area contributed by atoms with Crippen LogP contribution in [0.15, 0.2) is 47.1 Å². The predicted molar refractivity (Wildman–Crippen MR) is 97.8 cm³/mol. The third-order valence-corrected chi connectivity index (χ3v) is 5.01. The largest absolute Gasteiger partial charge is 0.462 e. The Morgan fingerprint density at radius 2 is 2.08 bits per heavy atom. The zero-order chi connectivity index (χ0) is 17.8. The number of aliphatic hydroxyl groups excluding tert-OH is 1. The summed E-state index contributed by atoms with van der Waals surface area (Å²) in [6, 6.07) is 11.2. The molecule has 0 spiro atoms. The summed E-state index contributed by atoms with van der Waals surface area (Å²) in [5, 5.41) is 13.2. The lowest BCUT2D eigenvalue weighted by molar-refractivity contribution is 0.0911. The fraction of sp³-hybridized carbons (Fsp3) is 0.263. The van der Waals surface area contributed by atoms with Crippen LogP contribution in [-0.4, -0.2) is 28.6 Å². The maximum atomic E-state index is 12.6. The monoisotopic (exact) mass is 356 g/mol. The van der Waals surface area contributed by atoms with Gasteiger partial charge in [0.25, 0.3) is 5.91 Å². The van der Waals surface area contributed by atoms with Gasteiger partial charge in [-0.05, 0) is 43.5 Å². The molecule has 2 N–H and O–H groups in total. The zero-order valence-corrected chi connectivity index (χ0v) is 15.0. The molecule has 6 heteroatoms. The van der Waals surface area contributed by atoms with Crippen molar-refractivity contribution in [3.8, 4) is 10.8 Å². The summed E-state index contributed by atoms with van der Waals surface area (Å²) in [5.41, 5.74) is 2.62. The third-order valence-electron chi connectivity index (χ3n) is 4.03. The number of benzene rings is 1. The number of hydrogen-bond acceptors (Lipinski definition) is 5. The second-order valence-corrected chi connectivity index (χ2v) is 7.09. The molecule has 25 heavy (non-hydrogen) atoms. The fourth-order valence-electron chi connectivity index (χ4n) is 2.63. The van der Waals surface area contributed by atoms with Crippen LogP contribution in [0.2, 0.25) is 0 Å². The number of carbonyl (C=O) groups excluding carboxylic acids is 1. The van der Waals surface area contributed by atoms with Gasteiger partial charge in [-0.3, -0.25) is 4.79 Å². The van der Waals surface area contributed by atoms with Crippen molar-refractivity contribution in [1.82, 2.24) is 10.3 Å². The summed E-state index contributed by atoms with van der Waals surface area (Å²) in [6.45, 7) is 3.74. The Balaban J connectivity index is 1.73. The normalized spacial score (nSPS) is 12.1. The van der Waals surface area contributed by atoms with Gasteiger partial charge in [0.2, 0.25) is 0 Å². The third kappa shape index (κ3) is 3.97. The van der Waals surface area contributed by atoms with Crippen LogP contribution in [0.25, 0.3) is 10.8 Å². The van der Waals surface area contributed by atoms with Crippen LogP contribution in [0.5, 0.6) is 0 Å². The van der Waals surface area contributed by atoms with Crippen LogP contribution in [0.1, 0.15) is 26.5 Å². The number of carbonyl (C=O) groups is 1. The number of aromatic nitrogens is 1. The maximum Gasteiger partial charge on any atom is 0.271 e. The van der Waals surface area contributed by atoms with E-state index in [1.165, 1.54) is 11.3 Å². The van der Waals surface area contributed by atoms with Crippen LogP contribution in [0.4, 0.5) is 0 Å². The molecular formula is C19H20N2O3S. The standard InChI is InChI=1S/C19H20N2O3S/c1-12-6-3-4-7-14(12)10-15(11-22)20-18(23)17-13(2)25-19(21-17)16-8-5-9-24-16/h3-9,15,22H,10-11H2,1-2H3,(H,20,23). The summed E-state index contributed by atoms with van der Waals surface area (Å²) >= 11 is 1.41. The summed E-state index contributed by atoms with van der Waals surface area (Å²) in [4.78, 5) is 17.8. The molecule has 0 radical (unpaired) electrons. The van der Waals surface area contributed by atoms with Gasteiger partial charge in [0.15, 0.2) is 10.8 Å². The van der Waals surface area contributed by atoms with E-state index in [-0.39, 0.29) is 18.6 Å². The van der Waals surface area contributed by atoms with Crippen molar-refractivity contribution in [3.05, 3.63) is 64.4 Å². The van der Waals surface area contributed by atoms with E-state index < -0.39 is 0 Å². The molecule has 1 aromatic carbocycles. The Labute approximate surface area is 150 Å². The van der Waals surface area contributed by atoms with E-state index in [1.54, 1.807) is 12.3 Å². The number of hydrogen-bond donors (Lipinski definition) is 2. The molecule has 130 valence electrons. The lowest BCUT2D eigenvalue weighted by Gasteiger charge is -2.17. The molecular weight excluding hydrogens is 336 g/mol. The molecule has 0 aliphatic rings. The van der Waals surface area contributed by atoms with Crippen molar-refractivity contribution in [1.29, 1.82) is 0 Å². The number of nitrogens with zero attached hydrogens (tertiary/aromatic N) is 1. The topological polar surface area (TPSA) is 75.4 Å². The molecule has 0 saturated carbocycles. The minimum Gasteiger partial charge on any atom is -0.462 e. The molecule has 0 aliphatic heterocycles. The Morgan fingerprint density at radius 1 is 1.28 bits per heavy atom.